The summed E-state index contributed by atoms with van der Waals surface area (Å²) in [7, 11) is 0. The molecule has 0 unspecified atom stereocenters. The van der Waals surface area contributed by atoms with Crippen molar-refractivity contribution < 1.29 is 0 Å². The molecule has 0 radical (unpaired) electrons. The van der Waals surface area contributed by atoms with Crippen molar-refractivity contribution in [2.24, 2.45) is 4.70 Å². The van der Waals surface area contributed by atoms with E-state index in [0.717, 1.165) is 12.8 Å². The molecule has 0 rings (SSSR count). The maximum absolute atomic E-state index is 8.32. The molecule has 2 nitrogen and oxygen atoms in total. The molecule has 0 N–H and O–H groups in total. The lowest BCUT2D eigenvalue weighted by Gasteiger charge is -1.72. The standard InChI is InChI=1S/2C5H10.ClNO/c2*1-3-5-4-2;1-2-3/h2*3H,1,4-5H2,2H3;. The van der Waals surface area contributed by atoms with Crippen LogP contribution in [0.1, 0.15) is 39.5 Å². The second kappa shape index (κ2) is 30.1. The molecule has 0 spiro atoms. The molecule has 13 heavy (non-hydrogen) atoms. The second-order valence-corrected chi connectivity index (χ2v) is 2.36. The first-order chi connectivity index (χ1) is 6.24. The van der Waals surface area contributed by atoms with E-state index in [2.05, 4.69) is 38.8 Å². The summed E-state index contributed by atoms with van der Waals surface area (Å²) in [5, 5.41) is 0. The molecule has 0 saturated carbocycles. The maximum atomic E-state index is 8.32. The third-order valence-corrected chi connectivity index (χ3v) is 0.986. The minimum Gasteiger partial charge on any atom is -0.131 e. The van der Waals surface area contributed by atoms with Crippen LogP contribution < -0.4 is 0 Å². The molecular weight excluding hydrogens is 186 g/mol. The van der Waals surface area contributed by atoms with E-state index in [9.17, 15) is 0 Å². The lowest BCUT2D eigenvalue weighted by atomic mass is 10.3. The molecule has 0 saturated heterocycles. The van der Waals surface area contributed by atoms with Gasteiger partial charge in [0, 0.05) is 4.70 Å². The number of nitrogens with zero attached hydrogens (tertiary/aromatic N) is 1. The third kappa shape index (κ3) is 87.9. The Morgan fingerprint density at radius 1 is 1.15 bits per heavy atom. The Labute approximate surface area is 86.8 Å². The van der Waals surface area contributed by atoms with Gasteiger partial charge >= 0.3 is 0 Å². The van der Waals surface area contributed by atoms with Crippen molar-refractivity contribution in [3.8, 4) is 0 Å². The van der Waals surface area contributed by atoms with Gasteiger partial charge in [-0.1, -0.05) is 38.8 Å². The smallest absolute Gasteiger partial charge is 0.0835 e. The Bertz CT molecular complexity index is 95.1. The van der Waals surface area contributed by atoms with Gasteiger partial charge in [0.15, 0.2) is 0 Å². The first-order valence-electron chi connectivity index (χ1n) is 4.40. The van der Waals surface area contributed by atoms with Crippen LogP contribution in [0.3, 0.4) is 0 Å². The fourth-order valence-electron chi connectivity index (χ4n) is 0.408. The van der Waals surface area contributed by atoms with Gasteiger partial charge in [0.05, 0.1) is 11.8 Å². The molecule has 0 bridgehead atoms. The van der Waals surface area contributed by atoms with Crippen molar-refractivity contribution in [1.29, 1.82) is 0 Å². The zero-order valence-corrected chi connectivity index (χ0v) is 9.39. The van der Waals surface area contributed by atoms with Crippen molar-refractivity contribution in [3.05, 3.63) is 30.2 Å². The number of rotatable bonds is 4. The minimum atomic E-state index is 1.15. The zero-order valence-electron chi connectivity index (χ0n) is 8.63. The zero-order chi connectivity index (χ0) is 10.9. The topological polar surface area (TPSA) is 29.4 Å². The van der Waals surface area contributed by atoms with E-state index >= 15 is 0 Å². The minimum absolute atomic E-state index is 1.15. The van der Waals surface area contributed by atoms with Crippen LogP contribution in [0.5, 0.6) is 0 Å². The molecule has 0 aromatic rings. The van der Waals surface area contributed by atoms with E-state index in [0.29, 0.717) is 0 Å². The highest BCUT2D eigenvalue weighted by Crippen LogP contribution is 1.82. The molecule has 3 heteroatoms. The van der Waals surface area contributed by atoms with E-state index in [4.69, 9.17) is 4.91 Å². The Morgan fingerprint density at radius 3 is 1.38 bits per heavy atom. The van der Waals surface area contributed by atoms with E-state index in [1.807, 2.05) is 12.2 Å². The van der Waals surface area contributed by atoms with E-state index in [1.54, 1.807) is 4.70 Å². The quantitative estimate of drug-likeness (QED) is 0.477. The predicted octanol–water partition coefficient (Wildman–Crippen LogP) is 4.85. The van der Waals surface area contributed by atoms with Gasteiger partial charge in [-0.3, -0.25) is 0 Å². The van der Waals surface area contributed by atoms with Gasteiger partial charge in [0.1, 0.15) is 0 Å². The number of hydrogen-bond donors (Lipinski definition) is 0. The first-order valence-corrected chi connectivity index (χ1v) is 4.74. The number of unbranched alkanes of at least 4 members (excludes halogenated alkanes) is 2. The Hall–Kier alpha value is -0.630. The van der Waals surface area contributed by atoms with E-state index in [-0.39, 0.29) is 0 Å². The summed E-state index contributed by atoms with van der Waals surface area (Å²) in [6, 6.07) is 0. The highest BCUT2D eigenvalue weighted by Gasteiger charge is 1.62. The van der Waals surface area contributed by atoms with Crippen molar-refractivity contribution >= 4 is 11.8 Å². The summed E-state index contributed by atoms with van der Waals surface area (Å²) >= 11 is 4.07. The Balaban J connectivity index is -0.000000120. The molecule has 0 aliphatic carbocycles. The normalized spacial score (nSPS) is 6.69. The van der Waals surface area contributed by atoms with Crippen LogP contribution in [0, 0.1) is 4.91 Å². The van der Waals surface area contributed by atoms with Crippen molar-refractivity contribution in [2.45, 2.75) is 39.5 Å². The van der Waals surface area contributed by atoms with Crippen LogP contribution in [0.2, 0.25) is 0 Å². The largest absolute Gasteiger partial charge is 0.131 e. The second-order valence-electron chi connectivity index (χ2n) is 2.22. The first kappa shape index (κ1) is 18.2. The van der Waals surface area contributed by atoms with Gasteiger partial charge in [-0.05, 0) is 12.8 Å². The van der Waals surface area contributed by atoms with Gasteiger partial charge in [-0.2, -0.15) is 0 Å². The highest BCUT2D eigenvalue weighted by atomic mass is 35.5. The maximum Gasteiger partial charge on any atom is 0.0835 e. The fourth-order valence-corrected chi connectivity index (χ4v) is 0.408. The van der Waals surface area contributed by atoms with Gasteiger partial charge in [0.25, 0.3) is 0 Å². The summed E-state index contributed by atoms with van der Waals surface area (Å²) in [4.78, 5) is 8.32. The van der Waals surface area contributed by atoms with E-state index in [1.165, 1.54) is 12.8 Å². The summed E-state index contributed by atoms with van der Waals surface area (Å²) in [6.45, 7) is 11.4. The SMILES string of the molecule is C=CCCC.C=CCCC.O=NCl. The molecule has 0 aromatic carbocycles. The van der Waals surface area contributed by atoms with Crippen LogP contribution in [-0.2, 0) is 0 Å². The molecule has 0 aliphatic heterocycles. The van der Waals surface area contributed by atoms with Gasteiger partial charge in [-0.25, -0.2) is 0 Å². The third-order valence-electron chi connectivity index (χ3n) is 0.986. The Morgan fingerprint density at radius 2 is 1.38 bits per heavy atom. The predicted molar refractivity (Wildman–Crippen MR) is 61.9 cm³/mol. The average molecular weight is 206 g/mol. The molecule has 0 atom stereocenters. The Kier molecular flexibility index (Phi) is 42.2. The lowest BCUT2D eigenvalue weighted by Crippen LogP contribution is -1.52. The monoisotopic (exact) mass is 205 g/mol. The highest BCUT2D eigenvalue weighted by molar-refractivity contribution is 6.14. The number of nitroso groups, excluding NO2 is 1. The van der Waals surface area contributed by atoms with Gasteiger partial charge in [0.2, 0.25) is 0 Å². The summed E-state index contributed by atoms with van der Waals surface area (Å²) in [5.74, 6) is 0. The summed E-state index contributed by atoms with van der Waals surface area (Å²) in [5.41, 5.74) is 0. The molecule has 0 aromatic heterocycles. The average Bonchev–Trinajstić information content (AvgIpc) is 2.09. The summed E-state index contributed by atoms with van der Waals surface area (Å²) < 4.78 is 1.72. The van der Waals surface area contributed by atoms with Crippen molar-refractivity contribution in [2.75, 3.05) is 0 Å². The molecular formula is C10H20ClNO. The van der Waals surface area contributed by atoms with Crippen LogP contribution >= 0.6 is 11.8 Å². The molecule has 0 heterocycles. The van der Waals surface area contributed by atoms with Crippen molar-refractivity contribution in [3.63, 3.8) is 0 Å². The number of hydrogen-bond acceptors (Lipinski definition) is 2. The van der Waals surface area contributed by atoms with Crippen molar-refractivity contribution in [1.82, 2.24) is 0 Å². The molecule has 78 valence electrons. The van der Waals surface area contributed by atoms with E-state index < -0.39 is 0 Å². The van der Waals surface area contributed by atoms with Crippen LogP contribution in [0.15, 0.2) is 30.0 Å². The lowest BCUT2D eigenvalue weighted by molar-refractivity contribution is 0.961. The number of halogens is 1. The van der Waals surface area contributed by atoms with Crippen LogP contribution in [0.4, 0.5) is 0 Å². The van der Waals surface area contributed by atoms with Gasteiger partial charge in [-0.15, -0.1) is 18.1 Å². The molecule has 0 fully saturated rings. The van der Waals surface area contributed by atoms with Crippen LogP contribution in [0.25, 0.3) is 0 Å². The number of allylic oxidation sites excluding steroid dienone is 2. The van der Waals surface area contributed by atoms with Crippen LogP contribution in [-0.4, -0.2) is 0 Å². The fraction of sp³-hybridized carbons (Fsp3) is 0.600. The molecule has 0 amide bonds. The molecule has 0 aliphatic rings. The van der Waals surface area contributed by atoms with Gasteiger partial charge < -0.3 is 0 Å². The summed E-state index contributed by atoms with van der Waals surface area (Å²) in [6.07, 6.45) is 8.62.